The Morgan fingerprint density at radius 2 is 1.81 bits per heavy atom. The molecule has 0 unspecified atom stereocenters. The maximum absolute atomic E-state index is 12.3. The normalized spacial score (nSPS) is 10.8. The lowest BCUT2D eigenvalue weighted by atomic mass is 9.99. The van der Waals surface area contributed by atoms with Crippen LogP contribution in [0.15, 0.2) is 34.7 Å². The van der Waals surface area contributed by atoms with Gasteiger partial charge in [-0.25, -0.2) is 0 Å². The van der Waals surface area contributed by atoms with Crippen molar-refractivity contribution in [1.82, 2.24) is 15.8 Å². The van der Waals surface area contributed by atoms with Crippen LogP contribution in [0.3, 0.4) is 0 Å². The molecule has 134 valence electrons. The predicted molar refractivity (Wildman–Crippen MR) is 98.7 cm³/mol. The van der Waals surface area contributed by atoms with Crippen LogP contribution in [0.4, 0.5) is 0 Å². The summed E-state index contributed by atoms with van der Waals surface area (Å²) >= 11 is 0. The average molecular weight is 351 g/mol. The van der Waals surface area contributed by atoms with Crippen molar-refractivity contribution in [2.75, 3.05) is 0 Å². The van der Waals surface area contributed by atoms with E-state index in [2.05, 4.69) is 15.8 Å². The number of pyridine rings is 1. The molecular weight excluding hydrogens is 330 g/mol. The van der Waals surface area contributed by atoms with Gasteiger partial charge in [-0.15, -0.1) is 0 Å². The van der Waals surface area contributed by atoms with Gasteiger partial charge in [0, 0.05) is 11.1 Å². The van der Waals surface area contributed by atoms with Crippen molar-refractivity contribution >= 4 is 22.7 Å². The second-order valence-electron chi connectivity index (χ2n) is 6.32. The molecule has 1 aromatic carbocycles. The number of fused-ring (bicyclic) bond motifs is 1. The van der Waals surface area contributed by atoms with E-state index >= 15 is 0 Å². The van der Waals surface area contributed by atoms with Crippen molar-refractivity contribution < 1.29 is 14.0 Å². The quantitative estimate of drug-likeness (QED) is 0.710. The van der Waals surface area contributed by atoms with E-state index in [0.717, 1.165) is 27.7 Å². The van der Waals surface area contributed by atoms with Crippen molar-refractivity contribution in [3.63, 3.8) is 0 Å². The zero-order chi connectivity index (χ0) is 18.8. The Morgan fingerprint density at radius 3 is 2.50 bits per heavy atom. The topological polar surface area (TPSA) is 84.2 Å². The third kappa shape index (κ3) is 3.44. The molecular formula is C20H21N3O3. The zero-order valence-corrected chi connectivity index (χ0v) is 15.3. The highest BCUT2D eigenvalue weighted by Crippen LogP contribution is 2.22. The van der Waals surface area contributed by atoms with Crippen LogP contribution in [0.2, 0.25) is 0 Å². The van der Waals surface area contributed by atoms with Gasteiger partial charge in [-0.3, -0.25) is 25.4 Å². The van der Waals surface area contributed by atoms with Gasteiger partial charge in [-0.1, -0.05) is 18.2 Å². The van der Waals surface area contributed by atoms with Gasteiger partial charge in [-0.2, -0.15) is 0 Å². The average Bonchev–Trinajstić information content (AvgIpc) is 2.95. The number of carbonyl (C=O) groups is 2. The van der Waals surface area contributed by atoms with Crippen LogP contribution in [0, 0.1) is 27.7 Å². The molecule has 0 radical (unpaired) electrons. The van der Waals surface area contributed by atoms with E-state index in [1.54, 1.807) is 19.9 Å². The summed E-state index contributed by atoms with van der Waals surface area (Å²) in [4.78, 5) is 29.0. The monoisotopic (exact) mass is 351 g/mol. The van der Waals surface area contributed by atoms with Crippen LogP contribution in [-0.4, -0.2) is 16.8 Å². The van der Waals surface area contributed by atoms with Crippen LogP contribution in [0.25, 0.3) is 10.9 Å². The fourth-order valence-corrected chi connectivity index (χ4v) is 3.09. The highest BCUT2D eigenvalue weighted by atomic mass is 16.3. The second kappa shape index (κ2) is 7.00. The third-order valence-corrected chi connectivity index (χ3v) is 4.42. The van der Waals surface area contributed by atoms with E-state index in [1.807, 2.05) is 38.1 Å². The lowest BCUT2D eigenvalue weighted by Gasteiger charge is -2.13. The lowest BCUT2D eigenvalue weighted by molar-refractivity contribution is -0.121. The number of para-hydroxylation sites is 1. The second-order valence-corrected chi connectivity index (χ2v) is 6.32. The summed E-state index contributed by atoms with van der Waals surface area (Å²) in [6.45, 7) is 7.34. The zero-order valence-electron chi connectivity index (χ0n) is 15.3. The molecule has 6 heteroatoms. The first-order valence-electron chi connectivity index (χ1n) is 8.38. The van der Waals surface area contributed by atoms with E-state index in [-0.39, 0.29) is 12.3 Å². The fourth-order valence-electron chi connectivity index (χ4n) is 3.09. The van der Waals surface area contributed by atoms with Crippen LogP contribution in [0.5, 0.6) is 0 Å². The molecule has 6 nitrogen and oxygen atoms in total. The molecule has 2 aromatic heterocycles. The third-order valence-electron chi connectivity index (χ3n) is 4.42. The van der Waals surface area contributed by atoms with Gasteiger partial charge in [0.25, 0.3) is 5.91 Å². The maximum atomic E-state index is 12.3. The number of furan rings is 1. The summed E-state index contributed by atoms with van der Waals surface area (Å²) in [5.41, 5.74) is 8.90. The summed E-state index contributed by atoms with van der Waals surface area (Å²) in [5.74, 6) is 0.449. The Morgan fingerprint density at radius 1 is 1.08 bits per heavy atom. The molecule has 0 aliphatic carbocycles. The number of hydrogen-bond donors (Lipinski definition) is 2. The SMILES string of the molecule is Cc1cc(C(=O)NNC(=O)Cc2c(C)nc3ccccc3c2C)c(C)o1. The molecule has 0 atom stereocenters. The van der Waals surface area contributed by atoms with E-state index in [1.165, 1.54) is 0 Å². The minimum Gasteiger partial charge on any atom is -0.466 e. The van der Waals surface area contributed by atoms with Gasteiger partial charge >= 0.3 is 0 Å². The molecule has 0 fully saturated rings. The largest absolute Gasteiger partial charge is 0.466 e. The molecule has 2 amide bonds. The number of nitrogens with one attached hydrogen (secondary N) is 2. The van der Waals surface area contributed by atoms with Gasteiger partial charge in [0.05, 0.1) is 17.5 Å². The maximum Gasteiger partial charge on any atom is 0.273 e. The molecule has 2 N–H and O–H groups in total. The Labute approximate surface area is 151 Å². The number of hydrogen-bond acceptors (Lipinski definition) is 4. The van der Waals surface area contributed by atoms with Crippen LogP contribution >= 0.6 is 0 Å². The number of nitrogens with zero attached hydrogens (tertiary/aromatic N) is 1. The number of benzene rings is 1. The van der Waals surface area contributed by atoms with Crippen LogP contribution in [-0.2, 0) is 11.2 Å². The van der Waals surface area contributed by atoms with Gasteiger partial charge in [-0.05, 0) is 51.0 Å². The highest BCUT2D eigenvalue weighted by Gasteiger charge is 2.16. The van der Waals surface area contributed by atoms with Crippen molar-refractivity contribution in [3.05, 3.63) is 64.2 Å². The first-order valence-corrected chi connectivity index (χ1v) is 8.38. The number of amides is 2. The molecule has 0 saturated carbocycles. The predicted octanol–water partition coefficient (Wildman–Crippen LogP) is 3.07. The number of hydrazine groups is 1. The Balaban J connectivity index is 1.71. The molecule has 26 heavy (non-hydrogen) atoms. The minimum atomic E-state index is -0.405. The number of rotatable bonds is 3. The van der Waals surface area contributed by atoms with E-state index in [9.17, 15) is 9.59 Å². The van der Waals surface area contributed by atoms with E-state index in [4.69, 9.17) is 4.42 Å². The number of carbonyl (C=O) groups excluding carboxylic acids is 2. The van der Waals surface area contributed by atoms with Gasteiger partial charge in [0.15, 0.2) is 0 Å². The first kappa shape index (κ1) is 17.7. The van der Waals surface area contributed by atoms with Crippen molar-refractivity contribution in [2.24, 2.45) is 0 Å². The molecule has 3 rings (SSSR count). The summed E-state index contributed by atoms with van der Waals surface area (Å²) in [6.07, 6.45) is 0.138. The van der Waals surface area contributed by atoms with Crippen molar-refractivity contribution in [3.8, 4) is 0 Å². The summed E-state index contributed by atoms with van der Waals surface area (Å²) in [7, 11) is 0. The van der Waals surface area contributed by atoms with Crippen molar-refractivity contribution in [1.29, 1.82) is 0 Å². The molecule has 2 heterocycles. The van der Waals surface area contributed by atoms with E-state index < -0.39 is 5.91 Å². The van der Waals surface area contributed by atoms with Gasteiger partial charge in [0.1, 0.15) is 11.5 Å². The Hall–Kier alpha value is -3.15. The first-order chi connectivity index (χ1) is 12.4. The highest BCUT2D eigenvalue weighted by molar-refractivity contribution is 5.96. The molecule has 3 aromatic rings. The standard InChI is InChI=1S/C20H21N3O3/c1-11-9-17(14(4)26-11)20(25)23-22-19(24)10-16-12(2)15-7-5-6-8-18(15)21-13(16)3/h5-9H,10H2,1-4H3,(H,22,24)(H,23,25). The minimum absolute atomic E-state index is 0.138. The summed E-state index contributed by atoms with van der Waals surface area (Å²) in [5, 5.41) is 1.02. The smallest absolute Gasteiger partial charge is 0.273 e. The molecule has 0 saturated heterocycles. The lowest BCUT2D eigenvalue weighted by Crippen LogP contribution is -2.42. The Bertz CT molecular complexity index is 1000. The molecule has 0 aliphatic heterocycles. The summed E-state index contributed by atoms with van der Waals surface area (Å²) < 4.78 is 5.33. The Kier molecular flexibility index (Phi) is 4.75. The van der Waals surface area contributed by atoms with Crippen LogP contribution < -0.4 is 10.9 Å². The van der Waals surface area contributed by atoms with Crippen molar-refractivity contribution in [2.45, 2.75) is 34.1 Å². The van der Waals surface area contributed by atoms with Gasteiger partial charge in [0.2, 0.25) is 5.91 Å². The van der Waals surface area contributed by atoms with Gasteiger partial charge < -0.3 is 4.42 Å². The molecule has 0 spiro atoms. The molecule has 0 bridgehead atoms. The summed E-state index contributed by atoms with van der Waals surface area (Å²) in [6, 6.07) is 9.47. The number of aromatic nitrogens is 1. The fraction of sp³-hybridized carbons (Fsp3) is 0.250. The number of aryl methyl sites for hydroxylation is 4. The van der Waals surface area contributed by atoms with Crippen LogP contribution in [0.1, 0.15) is 38.7 Å². The van der Waals surface area contributed by atoms with E-state index in [0.29, 0.717) is 17.1 Å². The molecule has 0 aliphatic rings.